The second kappa shape index (κ2) is 7.87. The first-order valence-electron chi connectivity index (χ1n) is 6.42. The molecule has 1 aliphatic rings. The molecule has 1 unspecified atom stereocenters. The van der Waals surface area contributed by atoms with E-state index < -0.39 is 22.0 Å². The molecule has 1 saturated heterocycles. The first-order valence-corrected chi connectivity index (χ1v) is 8.56. The maximum absolute atomic E-state index is 12.1. The number of sulfonamides is 1. The molecule has 0 aromatic carbocycles. The van der Waals surface area contributed by atoms with Gasteiger partial charge in [-0.1, -0.05) is 12.2 Å². The maximum Gasteiger partial charge on any atom is 0.322 e. The molecule has 1 N–H and O–H groups in total. The minimum Gasteiger partial charge on any atom is -0.480 e. The van der Waals surface area contributed by atoms with Crippen LogP contribution in [0.1, 0.15) is 32.1 Å². The first kappa shape index (κ1) is 16.5. The van der Waals surface area contributed by atoms with Gasteiger partial charge in [0.25, 0.3) is 0 Å². The van der Waals surface area contributed by atoms with Crippen LogP contribution in [0.15, 0.2) is 12.2 Å². The average Bonchev–Trinajstić information content (AvgIpc) is 2.38. The summed E-state index contributed by atoms with van der Waals surface area (Å²) in [7, 11) is -3.53. The van der Waals surface area contributed by atoms with Gasteiger partial charge in [0, 0.05) is 12.4 Å². The van der Waals surface area contributed by atoms with Gasteiger partial charge in [-0.05, 0) is 32.1 Å². The van der Waals surface area contributed by atoms with E-state index in [0.717, 1.165) is 30.0 Å². The second-order valence-corrected chi connectivity index (χ2v) is 6.89. The van der Waals surface area contributed by atoms with Gasteiger partial charge in [0.05, 0.1) is 5.75 Å². The molecular formula is C12H20ClNO4S. The molecule has 1 heterocycles. The summed E-state index contributed by atoms with van der Waals surface area (Å²) >= 11 is 5.52. The van der Waals surface area contributed by atoms with Gasteiger partial charge in [0.1, 0.15) is 6.04 Å². The number of rotatable bonds is 7. The van der Waals surface area contributed by atoms with Crippen molar-refractivity contribution in [1.82, 2.24) is 4.31 Å². The summed E-state index contributed by atoms with van der Waals surface area (Å²) in [4.78, 5) is 11.1. The first-order chi connectivity index (χ1) is 8.99. The number of alkyl halides is 1. The molecule has 110 valence electrons. The zero-order valence-corrected chi connectivity index (χ0v) is 12.4. The lowest BCUT2D eigenvalue weighted by Gasteiger charge is -2.31. The van der Waals surface area contributed by atoms with Gasteiger partial charge in [0.15, 0.2) is 0 Å². The number of halogens is 1. The number of carboxylic acids is 1. The van der Waals surface area contributed by atoms with Crippen molar-refractivity contribution in [2.45, 2.75) is 38.1 Å². The zero-order chi connectivity index (χ0) is 14.3. The van der Waals surface area contributed by atoms with Crippen molar-refractivity contribution in [3.8, 4) is 0 Å². The molecule has 0 radical (unpaired) electrons. The molecule has 0 aromatic rings. The molecule has 0 aliphatic carbocycles. The van der Waals surface area contributed by atoms with Crippen LogP contribution in [0.3, 0.4) is 0 Å². The van der Waals surface area contributed by atoms with Crippen LogP contribution >= 0.6 is 11.6 Å². The molecule has 1 fully saturated rings. The highest BCUT2D eigenvalue weighted by atomic mass is 35.5. The van der Waals surface area contributed by atoms with Crippen LogP contribution < -0.4 is 0 Å². The highest BCUT2D eigenvalue weighted by molar-refractivity contribution is 7.89. The van der Waals surface area contributed by atoms with Gasteiger partial charge < -0.3 is 5.11 Å². The van der Waals surface area contributed by atoms with Gasteiger partial charge in [0.2, 0.25) is 10.0 Å². The van der Waals surface area contributed by atoms with Crippen molar-refractivity contribution in [2.75, 3.05) is 18.2 Å². The molecule has 0 saturated carbocycles. The normalized spacial score (nSPS) is 21.8. The number of hydrogen-bond acceptors (Lipinski definition) is 3. The highest BCUT2D eigenvalue weighted by Gasteiger charge is 2.35. The molecule has 0 spiro atoms. The molecule has 1 aliphatic heterocycles. The summed E-state index contributed by atoms with van der Waals surface area (Å²) in [6, 6.07) is -0.907. The van der Waals surface area contributed by atoms with Gasteiger partial charge in [-0.25, -0.2) is 8.42 Å². The number of aliphatic carboxylic acids is 1. The summed E-state index contributed by atoms with van der Waals surface area (Å²) in [6.45, 7) is 0.300. The van der Waals surface area contributed by atoms with E-state index in [1.807, 2.05) is 0 Å². The van der Waals surface area contributed by atoms with Crippen LogP contribution in [0.5, 0.6) is 0 Å². The lowest BCUT2D eigenvalue weighted by molar-refractivity contribution is -0.142. The molecule has 1 atom stereocenters. The van der Waals surface area contributed by atoms with Gasteiger partial charge in [-0.15, -0.1) is 11.6 Å². The maximum atomic E-state index is 12.1. The Morgan fingerprint density at radius 2 is 2.11 bits per heavy atom. The van der Waals surface area contributed by atoms with E-state index in [2.05, 4.69) is 0 Å². The predicted octanol–water partition coefficient (Wildman–Crippen LogP) is 1.83. The number of carbonyl (C=O) groups is 1. The third-order valence-corrected chi connectivity index (χ3v) is 5.11. The number of carboxylic acid groups (broad SMARTS) is 1. The van der Waals surface area contributed by atoms with E-state index in [9.17, 15) is 13.2 Å². The zero-order valence-electron chi connectivity index (χ0n) is 10.8. The summed E-state index contributed by atoms with van der Waals surface area (Å²) in [6.07, 6.45) is 6.77. The van der Waals surface area contributed by atoms with Gasteiger partial charge in [-0.3, -0.25) is 4.79 Å². The number of piperidine rings is 1. The van der Waals surface area contributed by atoms with E-state index in [0.29, 0.717) is 18.8 Å². The quantitative estimate of drug-likeness (QED) is 0.442. The van der Waals surface area contributed by atoms with E-state index in [1.165, 1.54) is 0 Å². The van der Waals surface area contributed by atoms with E-state index in [4.69, 9.17) is 16.7 Å². The van der Waals surface area contributed by atoms with E-state index in [1.54, 1.807) is 12.2 Å². The van der Waals surface area contributed by atoms with Crippen LogP contribution in [-0.2, 0) is 14.8 Å². The minimum atomic E-state index is -3.53. The molecule has 1 rings (SSSR count). The molecule has 19 heavy (non-hydrogen) atoms. The SMILES string of the molecule is O=C(O)C1CCCCN1S(=O)(=O)CC=CCCCCl. The number of unbranched alkanes of at least 4 members (excludes halogenated alkanes) is 1. The number of nitrogens with zero attached hydrogens (tertiary/aromatic N) is 1. The second-order valence-electron chi connectivity index (χ2n) is 4.54. The third-order valence-electron chi connectivity index (χ3n) is 3.07. The Hall–Kier alpha value is -0.590. The summed E-state index contributed by atoms with van der Waals surface area (Å²) in [5.74, 6) is -0.655. The Morgan fingerprint density at radius 3 is 2.74 bits per heavy atom. The van der Waals surface area contributed by atoms with E-state index >= 15 is 0 Å². The average molecular weight is 310 g/mol. The number of allylic oxidation sites excluding steroid dienone is 1. The van der Waals surface area contributed by atoms with Gasteiger partial charge >= 0.3 is 5.97 Å². The van der Waals surface area contributed by atoms with Crippen molar-refractivity contribution < 1.29 is 18.3 Å². The fraction of sp³-hybridized carbons (Fsp3) is 0.750. The minimum absolute atomic E-state index is 0.140. The van der Waals surface area contributed by atoms with E-state index in [-0.39, 0.29) is 5.75 Å². The standard InChI is InChI=1S/C12H20ClNO4S/c13-8-4-1-2-6-10-19(17,18)14-9-5-3-7-11(14)12(15)16/h2,6,11H,1,3-5,7-10H2,(H,15,16). The molecule has 0 amide bonds. The lowest BCUT2D eigenvalue weighted by atomic mass is 10.1. The molecular weight excluding hydrogens is 290 g/mol. The fourth-order valence-corrected chi connectivity index (χ4v) is 3.80. The lowest BCUT2D eigenvalue weighted by Crippen LogP contribution is -2.48. The molecule has 0 aromatic heterocycles. The summed E-state index contributed by atoms with van der Waals surface area (Å²) in [5.41, 5.74) is 0. The Balaban J connectivity index is 2.64. The van der Waals surface area contributed by atoms with Crippen molar-refractivity contribution in [3.05, 3.63) is 12.2 Å². The molecule has 5 nitrogen and oxygen atoms in total. The van der Waals surface area contributed by atoms with Crippen LogP contribution in [0.4, 0.5) is 0 Å². The van der Waals surface area contributed by atoms with Crippen molar-refractivity contribution in [1.29, 1.82) is 0 Å². The monoisotopic (exact) mass is 309 g/mol. The van der Waals surface area contributed by atoms with Gasteiger partial charge in [-0.2, -0.15) is 4.31 Å². The topological polar surface area (TPSA) is 74.7 Å². The Bertz CT molecular complexity index is 421. The predicted molar refractivity (Wildman–Crippen MR) is 74.9 cm³/mol. The molecule has 7 heteroatoms. The Morgan fingerprint density at radius 1 is 1.37 bits per heavy atom. The smallest absolute Gasteiger partial charge is 0.322 e. The third kappa shape index (κ3) is 5.12. The molecule has 0 bridgehead atoms. The largest absolute Gasteiger partial charge is 0.480 e. The summed E-state index contributed by atoms with van der Waals surface area (Å²) < 4.78 is 25.4. The summed E-state index contributed by atoms with van der Waals surface area (Å²) in [5, 5.41) is 9.07. The fourth-order valence-electron chi connectivity index (χ4n) is 2.08. The van der Waals surface area contributed by atoms with Crippen molar-refractivity contribution in [3.63, 3.8) is 0 Å². The Labute approximate surface area is 119 Å². The van der Waals surface area contributed by atoms with Crippen molar-refractivity contribution >= 4 is 27.6 Å². The van der Waals surface area contributed by atoms with Crippen LogP contribution in [0, 0.1) is 0 Å². The van der Waals surface area contributed by atoms with Crippen LogP contribution in [0.25, 0.3) is 0 Å². The van der Waals surface area contributed by atoms with Crippen LogP contribution in [-0.4, -0.2) is 48.0 Å². The van der Waals surface area contributed by atoms with Crippen molar-refractivity contribution in [2.24, 2.45) is 0 Å². The number of hydrogen-bond donors (Lipinski definition) is 1. The Kier molecular flexibility index (Phi) is 6.82. The van der Waals surface area contributed by atoms with Crippen LogP contribution in [0.2, 0.25) is 0 Å². The highest BCUT2D eigenvalue weighted by Crippen LogP contribution is 2.21.